The second-order valence-corrected chi connectivity index (χ2v) is 0.748. The van der Waals surface area contributed by atoms with E-state index in [1.54, 1.807) is 0 Å². The maximum absolute atomic E-state index is 8.81. The van der Waals surface area contributed by atoms with Crippen molar-refractivity contribution >= 4 is 6.29 Å². The largest absolute Gasteiger partial charge is 0.395 e. The number of hydrogen-bond donors (Lipinski definition) is 3. The van der Waals surface area contributed by atoms with Crippen LogP contribution in [0.25, 0.3) is 0 Å². The predicted octanol–water partition coefficient (Wildman–Crippen LogP) is -0.695. The normalized spacial score (nSPS) is 5.38. The highest BCUT2D eigenvalue weighted by Gasteiger charge is 1.56. The minimum atomic E-state index is 0. The molecule has 0 aromatic carbocycles. The zero-order valence-corrected chi connectivity index (χ0v) is 5.13. The van der Waals surface area contributed by atoms with Crippen molar-refractivity contribution in [3.8, 4) is 0 Å². The number of aliphatic hydroxyl groups excluding tert-OH is 1. The quantitative estimate of drug-likeness (QED) is 0.401. The van der Waals surface area contributed by atoms with Crippen molar-refractivity contribution in [2.75, 3.05) is 13.2 Å². The van der Waals surface area contributed by atoms with Gasteiger partial charge in [0.2, 0.25) is 0 Å². The molecule has 0 amide bonds. The van der Waals surface area contributed by atoms with E-state index in [2.05, 4.69) is 0 Å². The summed E-state index contributed by atoms with van der Waals surface area (Å²) in [5.74, 6) is 0. The van der Waals surface area contributed by atoms with Gasteiger partial charge >= 0.3 is 0 Å². The highest BCUT2D eigenvalue weighted by Crippen LogP contribution is 1.33. The third kappa shape index (κ3) is 380. The fourth-order valence-electron chi connectivity index (χ4n) is 0. The van der Waals surface area contributed by atoms with Crippen LogP contribution in [0.2, 0.25) is 0 Å². The van der Waals surface area contributed by atoms with Crippen molar-refractivity contribution in [1.82, 2.24) is 6.15 Å². The van der Waals surface area contributed by atoms with Gasteiger partial charge in [-0.05, 0) is 6.92 Å². The van der Waals surface area contributed by atoms with E-state index in [4.69, 9.17) is 15.6 Å². The molecular weight excluding hydrogens is 108 g/mol. The van der Waals surface area contributed by atoms with E-state index < -0.39 is 0 Å². The summed E-state index contributed by atoms with van der Waals surface area (Å²) in [6.07, 6.45) is 0.750. The van der Waals surface area contributed by atoms with E-state index >= 15 is 0 Å². The second-order valence-electron chi connectivity index (χ2n) is 0.748. The zero-order valence-electron chi connectivity index (χ0n) is 5.13. The monoisotopic (exact) mass is 122 g/mol. The molecular formula is C4H14N2O2. The number of rotatable bonds is 1. The van der Waals surface area contributed by atoms with E-state index in [1.165, 1.54) is 6.92 Å². The van der Waals surface area contributed by atoms with Crippen molar-refractivity contribution in [3.63, 3.8) is 0 Å². The maximum atomic E-state index is 8.81. The van der Waals surface area contributed by atoms with Gasteiger partial charge in [0.15, 0.2) is 0 Å². The van der Waals surface area contributed by atoms with Crippen LogP contribution in [0.4, 0.5) is 0 Å². The number of nitrogens with two attached hydrogens (primary N) is 1. The molecule has 0 saturated carbocycles. The van der Waals surface area contributed by atoms with Gasteiger partial charge in [-0.2, -0.15) is 0 Å². The van der Waals surface area contributed by atoms with Crippen LogP contribution in [0.3, 0.4) is 0 Å². The first-order valence-electron chi connectivity index (χ1n) is 2.04. The van der Waals surface area contributed by atoms with Crippen molar-refractivity contribution in [2.45, 2.75) is 6.92 Å². The van der Waals surface area contributed by atoms with Crippen molar-refractivity contribution in [2.24, 2.45) is 5.73 Å². The summed E-state index contributed by atoms with van der Waals surface area (Å²) < 4.78 is 0. The lowest BCUT2D eigenvalue weighted by atomic mass is 10.8. The van der Waals surface area contributed by atoms with Crippen molar-refractivity contribution in [1.29, 1.82) is 0 Å². The molecule has 0 aliphatic rings. The van der Waals surface area contributed by atoms with Crippen LogP contribution in [-0.2, 0) is 4.79 Å². The van der Waals surface area contributed by atoms with Crippen LogP contribution >= 0.6 is 0 Å². The summed E-state index contributed by atoms with van der Waals surface area (Å²) in [4.78, 5) is 8.81. The van der Waals surface area contributed by atoms with Crippen LogP contribution in [-0.4, -0.2) is 24.5 Å². The average Bonchev–Trinajstić information content (AvgIpc) is 1.69. The first-order chi connectivity index (χ1) is 3.33. The highest BCUT2D eigenvalue weighted by atomic mass is 16.3. The Kier molecular flexibility index (Phi) is 60.7. The molecule has 8 heavy (non-hydrogen) atoms. The van der Waals surface area contributed by atoms with Gasteiger partial charge in [-0.15, -0.1) is 0 Å². The van der Waals surface area contributed by atoms with Gasteiger partial charge in [-0.25, -0.2) is 0 Å². The Morgan fingerprint density at radius 3 is 1.88 bits per heavy atom. The summed E-state index contributed by atoms with van der Waals surface area (Å²) >= 11 is 0. The van der Waals surface area contributed by atoms with Crippen molar-refractivity contribution < 1.29 is 9.90 Å². The number of hydrogen-bond acceptors (Lipinski definition) is 4. The van der Waals surface area contributed by atoms with Gasteiger partial charge < -0.3 is 21.8 Å². The predicted molar refractivity (Wildman–Crippen MR) is 32.9 cm³/mol. The SMILES string of the molecule is CC=O.N.NCCO. The number of aldehydes is 1. The third-order valence-electron chi connectivity index (χ3n) is 0.129. The van der Waals surface area contributed by atoms with E-state index in [9.17, 15) is 0 Å². The summed E-state index contributed by atoms with van der Waals surface area (Å²) in [5.41, 5.74) is 4.78. The summed E-state index contributed by atoms with van der Waals surface area (Å²) in [5, 5.41) is 7.75. The van der Waals surface area contributed by atoms with Gasteiger partial charge in [-0.3, -0.25) is 0 Å². The highest BCUT2D eigenvalue weighted by molar-refractivity contribution is 5.44. The van der Waals surface area contributed by atoms with Gasteiger partial charge in [-0.1, -0.05) is 0 Å². The molecule has 0 heterocycles. The van der Waals surface area contributed by atoms with Gasteiger partial charge in [0.1, 0.15) is 6.29 Å². The average molecular weight is 122 g/mol. The minimum Gasteiger partial charge on any atom is -0.395 e. The topological polar surface area (TPSA) is 98.3 Å². The molecule has 4 heteroatoms. The molecule has 0 atom stereocenters. The summed E-state index contributed by atoms with van der Waals surface area (Å²) in [6.45, 7) is 1.92. The molecule has 0 fully saturated rings. The molecule has 0 spiro atoms. The van der Waals surface area contributed by atoms with E-state index in [-0.39, 0.29) is 12.8 Å². The molecule has 0 aliphatic carbocycles. The van der Waals surface area contributed by atoms with E-state index in [0.29, 0.717) is 6.54 Å². The van der Waals surface area contributed by atoms with Crippen LogP contribution in [0.5, 0.6) is 0 Å². The Morgan fingerprint density at radius 2 is 1.88 bits per heavy atom. The second kappa shape index (κ2) is 31.0. The van der Waals surface area contributed by atoms with E-state index in [0.717, 1.165) is 6.29 Å². The summed E-state index contributed by atoms with van der Waals surface area (Å²) in [6, 6.07) is 0. The van der Waals surface area contributed by atoms with Gasteiger partial charge in [0.05, 0.1) is 6.61 Å². The first kappa shape index (κ1) is 15.6. The molecule has 0 rings (SSSR count). The standard InChI is InChI=1S/C2H7NO.C2H4O.H3N/c3-1-2-4;1-2-3;/h4H,1-3H2;2H,1H3;1H3. The molecule has 52 valence electrons. The Labute approximate surface area is 49.3 Å². The van der Waals surface area contributed by atoms with Gasteiger partial charge in [0.25, 0.3) is 0 Å². The Morgan fingerprint density at radius 1 is 1.75 bits per heavy atom. The van der Waals surface area contributed by atoms with Crippen LogP contribution in [0.15, 0.2) is 0 Å². The molecule has 4 nitrogen and oxygen atoms in total. The Balaban J connectivity index is -0.0000000575. The van der Waals surface area contributed by atoms with E-state index in [1.807, 2.05) is 0 Å². The van der Waals surface area contributed by atoms with Crippen molar-refractivity contribution in [3.05, 3.63) is 0 Å². The fourth-order valence-corrected chi connectivity index (χ4v) is 0. The van der Waals surface area contributed by atoms with Crippen LogP contribution in [0.1, 0.15) is 6.92 Å². The van der Waals surface area contributed by atoms with Crippen LogP contribution < -0.4 is 11.9 Å². The fraction of sp³-hybridized carbons (Fsp3) is 0.750. The molecule has 0 aromatic heterocycles. The molecule has 0 aliphatic heterocycles. The van der Waals surface area contributed by atoms with Gasteiger partial charge in [0, 0.05) is 6.54 Å². The minimum absolute atomic E-state index is 0. The van der Waals surface area contributed by atoms with Crippen LogP contribution in [0, 0.1) is 0 Å². The lowest BCUT2D eigenvalue weighted by molar-refractivity contribution is -0.106. The maximum Gasteiger partial charge on any atom is 0.116 e. The third-order valence-corrected chi connectivity index (χ3v) is 0.129. The molecule has 0 aromatic rings. The molecule has 0 unspecified atom stereocenters. The first-order valence-corrected chi connectivity index (χ1v) is 2.04. The lowest BCUT2D eigenvalue weighted by Gasteiger charge is -1.71. The lowest BCUT2D eigenvalue weighted by Crippen LogP contribution is -2.02. The number of aliphatic hydroxyl groups is 1. The zero-order chi connectivity index (χ0) is 6.12. The molecule has 0 saturated heterocycles. The molecule has 0 radical (unpaired) electrons. The smallest absolute Gasteiger partial charge is 0.116 e. The Bertz CT molecular complexity index is 31.2. The number of carbonyl (C=O) groups excluding carboxylic acids is 1. The molecule has 0 bridgehead atoms. The number of carbonyl (C=O) groups is 1. The Hall–Kier alpha value is -0.450. The summed E-state index contributed by atoms with van der Waals surface area (Å²) in [7, 11) is 0. The molecule has 6 N–H and O–H groups in total.